The fraction of sp³-hybridized carbons (Fsp3) is 1.00. The summed E-state index contributed by atoms with van der Waals surface area (Å²) in [7, 11) is 5.72. The van der Waals surface area contributed by atoms with Gasteiger partial charge in [-0.1, -0.05) is 77.0 Å². The molecule has 0 radical (unpaired) electrons. The van der Waals surface area contributed by atoms with E-state index in [9.17, 15) is 0 Å². The molecule has 0 saturated heterocycles. The minimum absolute atomic E-state index is 0.289. The van der Waals surface area contributed by atoms with Gasteiger partial charge < -0.3 is 14.2 Å². The van der Waals surface area contributed by atoms with Crippen LogP contribution in [0, 0.1) is 0 Å². The van der Waals surface area contributed by atoms with Crippen molar-refractivity contribution < 1.29 is 14.2 Å². The molecule has 0 atom stereocenters. The molecular weight excluding hydrogens is 403 g/mol. The minimum Gasteiger partial charge on any atom is -0.385 e. The number of methoxy groups -OCH3 is 3. The maximum Gasteiger partial charge on any atom is 0.0462 e. The number of unbranched alkanes of at least 4 members (excludes halogenated alkanes) is 15. The van der Waals surface area contributed by atoms with Gasteiger partial charge in [0.2, 0.25) is 0 Å². The first-order chi connectivity index (χ1) is 15.3. The van der Waals surface area contributed by atoms with E-state index in [1.54, 1.807) is 0 Å². The predicted octanol–water partition coefficient (Wildman–Crippen LogP) is 8.43. The first kappa shape index (κ1) is 31.3. The second-order valence-corrected chi connectivity index (χ2v) is 11.9. The van der Waals surface area contributed by atoms with Gasteiger partial charge >= 0.3 is 0 Å². The van der Waals surface area contributed by atoms with Crippen molar-refractivity contribution in [2.75, 3.05) is 59.6 Å². The van der Waals surface area contributed by atoms with Crippen molar-refractivity contribution in [2.24, 2.45) is 0 Å². The molecule has 0 aliphatic carbocycles. The molecule has 188 valence electrons. The lowest BCUT2D eigenvalue weighted by Gasteiger charge is -2.18. The second-order valence-electron chi connectivity index (χ2n) is 9.18. The minimum atomic E-state index is 0.289. The molecule has 0 bridgehead atoms. The van der Waals surface area contributed by atoms with Crippen molar-refractivity contribution in [1.29, 1.82) is 0 Å². The van der Waals surface area contributed by atoms with Crippen molar-refractivity contribution in [3.63, 3.8) is 0 Å². The van der Waals surface area contributed by atoms with Crippen molar-refractivity contribution in [3.8, 4) is 0 Å². The Kier molecular flexibility index (Phi) is 28.6. The van der Waals surface area contributed by atoms with Crippen LogP contribution in [0.25, 0.3) is 0 Å². The van der Waals surface area contributed by atoms with Gasteiger partial charge in [-0.05, 0) is 57.0 Å². The lowest BCUT2D eigenvalue weighted by atomic mass is 10.1. The molecule has 0 fully saturated rings. The van der Waals surface area contributed by atoms with Gasteiger partial charge in [0.25, 0.3) is 0 Å². The molecular formula is C27H57O3P. The van der Waals surface area contributed by atoms with Gasteiger partial charge in [-0.15, -0.1) is 7.92 Å². The maximum atomic E-state index is 5.15. The number of ether oxygens (including phenoxy) is 3. The molecule has 0 unspecified atom stereocenters. The van der Waals surface area contributed by atoms with Crippen LogP contribution >= 0.6 is 7.92 Å². The van der Waals surface area contributed by atoms with Crippen molar-refractivity contribution >= 4 is 7.92 Å². The van der Waals surface area contributed by atoms with E-state index < -0.39 is 0 Å². The molecule has 31 heavy (non-hydrogen) atoms. The average molecular weight is 461 g/mol. The van der Waals surface area contributed by atoms with Gasteiger partial charge in [-0.25, -0.2) is 0 Å². The predicted molar refractivity (Wildman–Crippen MR) is 140 cm³/mol. The molecule has 0 saturated carbocycles. The standard InChI is InChI=1S/C27H57O3P/c1-28-22-16-10-4-7-13-19-25-31(26-20-14-8-5-11-17-23-29-2)27-21-15-9-6-12-18-24-30-3/h4-27H2,1-3H3. The zero-order chi connectivity index (χ0) is 22.7. The first-order valence-electron chi connectivity index (χ1n) is 13.5. The summed E-state index contributed by atoms with van der Waals surface area (Å²) in [6, 6.07) is 0. The normalized spacial score (nSPS) is 11.6. The number of hydrogen-bond donors (Lipinski definition) is 0. The molecule has 0 rings (SSSR count). The van der Waals surface area contributed by atoms with E-state index in [0.29, 0.717) is 0 Å². The summed E-state index contributed by atoms with van der Waals surface area (Å²) < 4.78 is 15.5. The SMILES string of the molecule is COCCCCCCCCP(CCCCCCCCOC)CCCCCCCCOC. The van der Waals surface area contributed by atoms with Crippen LogP contribution in [-0.4, -0.2) is 59.6 Å². The molecule has 3 nitrogen and oxygen atoms in total. The van der Waals surface area contributed by atoms with E-state index >= 15 is 0 Å². The molecule has 0 spiro atoms. The monoisotopic (exact) mass is 460 g/mol. The third kappa shape index (κ3) is 26.4. The van der Waals surface area contributed by atoms with E-state index in [0.717, 1.165) is 19.8 Å². The maximum absolute atomic E-state index is 5.15. The van der Waals surface area contributed by atoms with Crippen LogP contribution in [0.3, 0.4) is 0 Å². The smallest absolute Gasteiger partial charge is 0.0462 e. The van der Waals surface area contributed by atoms with Crippen LogP contribution in [0.15, 0.2) is 0 Å². The van der Waals surface area contributed by atoms with Crippen LogP contribution in [-0.2, 0) is 14.2 Å². The molecule has 0 heterocycles. The summed E-state index contributed by atoms with van der Waals surface area (Å²) in [6.07, 6.45) is 29.6. The Morgan fingerprint density at radius 1 is 0.323 bits per heavy atom. The topological polar surface area (TPSA) is 27.7 Å². The van der Waals surface area contributed by atoms with Crippen LogP contribution < -0.4 is 0 Å². The van der Waals surface area contributed by atoms with Crippen LogP contribution in [0.5, 0.6) is 0 Å². The van der Waals surface area contributed by atoms with E-state index in [1.165, 1.54) is 134 Å². The second kappa shape index (κ2) is 28.3. The van der Waals surface area contributed by atoms with Gasteiger partial charge in [-0.2, -0.15) is 0 Å². The molecule has 0 aromatic carbocycles. The number of hydrogen-bond acceptors (Lipinski definition) is 3. The lowest BCUT2D eigenvalue weighted by Crippen LogP contribution is -1.97. The summed E-state index contributed by atoms with van der Waals surface area (Å²) in [4.78, 5) is 0. The summed E-state index contributed by atoms with van der Waals surface area (Å²) in [6.45, 7) is 2.80. The Morgan fingerprint density at radius 2 is 0.548 bits per heavy atom. The number of rotatable bonds is 27. The highest BCUT2D eigenvalue weighted by atomic mass is 31.1. The molecule has 0 amide bonds. The largest absolute Gasteiger partial charge is 0.385 e. The Hall–Kier alpha value is 0.310. The Balaban J connectivity index is 3.82. The molecule has 0 aliphatic rings. The fourth-order valence-electron chi connectivity index (χ4n) is 4.20. The van der Waals surface area contributed by atoms with Gasteiger partial charge in [0, 0.05) is 41.2 Å². The van der Waals surface area contributed by atoms with Crippen molar-refractivity contribution in [2.45, 2.75) is 116 Å². The first-order valence-corrected chi connectivity index (χ1v) is 15.4. The highest BCUT2D eigenvalue weighted by Gasteiger charge is 2.08. The van der Waals surface area contributed by atoms with Gasteiger partial charge in [0.1, 0.15) is 0 Å². The third-order valence-corrected chi connectivity index (χ3v) is 9.06. The molecule has 0 N–H and O–H groups in total. The summed E-state index contributed by atoms with van der Waals surface area (Å²) >= 11 is 0. The fourth-order valence-corrected chi connectivity index (χ4v) is 6.89. The molecule has 0 aliphatic heterocycles. The Bertz CT molecular complexity index is 267. The van der Waals surface area contributed by atoms with Gasteiger partial charge in [0.05, 0.1) is 0 Å². The van der Waals surface area contributed by atoms with Crippen LogP contribution in [0.4, 0.5) is 0 Å². The zero-order valence-corrected chi connectivity index (χ0v) is 22.5. The van der Waals surface area contributed by atoms with Crippen molar-refractivity contribution in [3.05, 3.63) is 0 Å². The van der Waals surface area contributed by atoms with E-state index in [-0.39, 0.29) is 7.92 Å². The third-order valence-electron chi connectivity index (χ3n) is 6.22. The molecule has 0 aromatic heterocycles. The van der Waals surface area contributed by atoms with Crippen LogP contribution in [0.1, 0.15) is 116 Å². The van der Waals surface area contributed by atoms with Gasteiger partial charge in [0.15, 0.2) is 0 Å². The molecule has 4 heteroatoms. The lowest BCUT2D eigenvalue weighted by molar-refractivity contribution is 0.192. The summed E-state index contributed by atoms with van der Waals surface area (Å²) in [5.74, 6) is 0. The average Bonchev–Trinajstić information content (AvgIpc) is 2.78. The molecule has 0 aromatic rings. The highest BCUT2D eigenvalue weighted by Crippen LogP contribution is 2.39. The van der Waals surface area contributed by atoms with Gasteiger partial charge in [-0.3, -0.25) is 0 Å². The van der Waals surface area contributed by atoms with E-state index in [2.05, 4.69) is 0 Å². The van der Waals surface area contributed by atoms with Crippen molar-refractivity contribution in [1.82, 2.24) is 0 Å². The Morgan fingerprint density at radius 3 is 0.806 bits per heavy atom. The summed E-state index contributed by atoms with van der Waals surface area (Å²) in [5.41, 5.74) is 0. The quantitative estimate of drug-likeness (QED) is 0.0909. The van der Waals surface area contributed by atoms with E-state index in [1.807, 2.05) is 21.3 Å². The summed E-state index contributed by atoms with van der Waals surface area (Å²) in [5, 5.41) is 0. The highest BCUT2D eigenvalue weighted by molar-refractivity contribution is 7.57. The zero-order valence-electron chi connectivity index (χ0n) is 21.6. The Labute approximate surface area is 197 Å². The van der Waals surface area contributed by atoms with Crippen LogP contribution in [0.2, 0.25) is 0 Å². The van der Waals surface area contributed by atoms with E-state index in [4.69, 9.17) is 14.2 Å².